The van der Waals surface area contributed by atoms with Gasteiger partial charge in [-0.1, -0.05) is 167 Å². The molecule has 0 bridgehead atoms. The average Bonchev–Trinajstić information content (AvgIpc) is 3.61. The van der Waals surface area contributed by atoms with E-state index in [1.54, 1.807) is 0 Å². The van der Waals surface area contributed by atoms with E-state index in [0.717, 1.165) is 39.0 Å². The van der Waals surface area contributed by atoms with Crippen molar-refractivity contribution >= 4 is 104 Å². The van der Waals surface area contributed by atoms with Crippen LogP contribution in [-0.4, -0.2) is 16.9 Å². The van der Waals surface area contributed by atoms with Crippen molar-refractivity contribution in [3.05, 3.63) is 194 Å². The van der Waals surface area contributed by atoms with E-state index in [1.807, 2.05) is 11.8 Å². The number of nitrogens with zero attached hydrogens (tertiary/aromatic N) is 1. The highest BCUT2D eigenvalue weighted by Crippen LogP contribution is 2.43. The Balaban J connectivity index is 1.27. The molecule has 0 N–H and O–H groups in total. The van der Waals surface area contributed by atoms with Crippen LogP contribution in [0.5, 0.6) is 0 Å². The van der Waals surface area contributed by atoms with Crippen LogP contribution >= 0.6 is 11.8 Å². The summed E-state index contributed by atoms with van der Waals surface area (Å²) in [6.07, 6.45) is 0. The molecule has 5 heteroatoms. The molecule has 1 radical (unpaired) electrons. The van der Waals surface area contributed by atoms with Crippen molar-refractivity contribution in [1.82, 2.24) is 0 Å². The van der Waals surface area contributed by atoms with E-state index < -0.39 is 16.9 Å². The maximum atomic E-state index is 6.46. The predicted octanol–water partition coefficient (Wildman–Crippen LogP) is 7.73. The molecule has 1 spiro atoms. The SMILES string of the molecule is c1ccc(N(c2ccc3c(c2)[Si]2(c4ccccc4Sc4ccccc42)c2ccccc2[Si]3c2ccccc2)c2cccc3oc4ccccc4c23)cc1. The molecule has 2 aliphatic rings. The van der Waals surface area contributed by atoms with Gasteiger partial charge in [-0.2, -0.15) is 0 Å². The molecule has 11 rings (SSSR count). The van der Waals surface area contributed by atoms with Crippen molar-refractivity contribution in [3.63, 3.8) is 0 Å². The first-order valence-electron chi connectivity index (χ1n) is 18.1. The lowest BCUT2D eigenvalue weighted by atomic mass is 10.1. The van der Waals surface area contributed by atoms with Crippen LogP contribution < -0.4 is 41.2 Å². The van der Waals surface area contributed by atoms with E-state index in [9.17, 15) is 0 Å². The van der Waals surface area contributed by atoms with E-state index >= 15 is 0 Å². The minimum Gasteiger partial charge on any atom is -0.456 e. The summed E-state index contributed by atoms with van der Waals surface area (Å²) >= 11 is 1.93. The maximum absolute atomic E-state index is 6.46. The van der Waals surface area contributed by atoms with Crippen LogP contribution in [0.3, 0.4) is 0 Å². The van der Waals surface area contributed by atoms with Crippen LogP contribution in [-0.2, 0) is 0 Å². The molecule has 0 saturated heterocycles. The molecule has 2 nitrogen and oxygen atoms in total. The van der Waals surface area contributed by atoms with Crippen LogP contribution in [0.4, 0.5) is 17.1 Å². The van der Waals surface area contributed by atoms with Gasteiger partial charge in [-0.3, -0.25) is 0 Å². The number of anilines is 3. The number of fused-ring (bicyclic) bond motifs is 11. The standard InChI is InChI=1S/C48H32NOSSi2/c1-3-16-33(17-4-1)49(37-21-15-23-39-48(37)36-20-7-8-22-38(36)50-39)34-30-31-43-47(32-34)53(44-27-12-9-24-40(44)51-41-25-10-13-28-45(41)53)46-29-14-11-26-42(46)52(43)35-18-5-2-6-19-35/h1-32H. The Hall–Kier alpha value is -5.86. The summed E-state index contributed by atoms with van der Waals surface area (Å²) in [5.41, 5.74) is 5.18. The van der Waals surface area contributed by atoms with Crippen LogP contribution in [0, 0.1) is 0 Å². The fourth-order valence-electron chi connectivity index (χ4n) is 8.96. The van der Waals surface area contributed by atoms with E-state index in [0.29, 0.717) is 0 Å². The van der Waals surface area contributed by atoms with Crippen molar-refractivity contribution in [2.75, 3.05) is 4.90 Å². The summed E-state index contributed by atoms with van der Waals surface area (Å²) in [6.45, 7) is 0. The smallest absolute Gasteiger partial charge is 0.181 e. The first-order valence-corrected chi connectivity index (χ1v) is 22.4. The third-order valence-corrected chi connectivity index (χ3v) is 20.9. The third-order valence-electron chi connectivity index (χ3n) is 11.0. The van der Waals surface area contributed by atoms with Gasteiger partial charge in [0, 0.05) is 26.6 Å². The fraction of sp³-hybridized carbons (Fsp3) is 0. The predicted molar refractivity (Wildman–Crippen MR) is 227 cm³/mol. The van der Waals surface area contributed by atoms with Gasteiger partial charge in [-0.05, 0) is 75.3 Å². The Morgan fingerprint density at radius 2 is 1.06 bits per heavy atom. The van der Waals surface area contributed by atoms with Crippen molar-refractivity contribution in [3.8, 4) is 0 Å². The van der Waals surface area contributed by atoms with Crippen LogP contribution in [0.25, 0.3) is 21.9 Å². The topological polar surface area (TPSA) is 16.4 Å². The number of hydrogen-bond donors (Lipinski definition) is 0. The highest BCUT2D eigenvalue weighted by atomic mass is 32.2. The lowest BCUT2D eigenvalue weighted by molar-refractivity contribution is 0.669. The largest absolute Gasteiger partial charge is 0.456 e. The third kappa shape index (κ3) is 4.51. The molecule has 249 valence electrons. The molecule has 0 fully saturated rings. The molecule has 1 aromatic heterocycles. The molecule has 2 aliphatic heterocycles. The summed E-state index contributed by atoms with van der Waals surface area (Å²) in [4.78, 5) is 5.19. The molecular formula is C48H32NOSSi2. The minimum atomic E-state index is -2.83. The van der Waals surface area contributed by atoms with Crippen molar-refractivity contribution in [2.45, 2.75) is 9.79 Å². The van der Waals surface area contributed by atoms with Gasteiger partial charge < -0.3 is 9.32 Å². The highest BCUT2D eigenvalue weighted by molar-refractivity contribution is 8.00. The van der Waals surface area contributed by atoms with Crippen LogP contribution in [0.15, 0.2) is 208 Å². The lowest BCUT2D eigenvalue weighted by Gasteiger charge is -2.46. The van der Waals surface area contributed by atoms with Gasteiger partial charge in [0.2, 0.25) is 0 Å². The average molecular weight is 727 g/mol. The minimum absolute atomic E-state index is 0.893. The van der Waals surface area contributed by atoms with Crippen LogP contribution in [0.2, 0.25) is 0 Å². The Morgan fingerprint density at radius 3 is 1.83 bits per heavy atom. The van der Waals surface area contributed by atoms with Gasteiger partial charge in [-0.15, -0.1) is 0 Å². The summed E-state index contributed by atoms with van der Waals surface area (Å²) in [6, 6.07) is 72.4. The molecular weight excluding hydrogens is 695 g/mol. The van der Waals surface area contributed by atoms with Gasteiger partial charge in [0.25, 0.3) is 0 Å². The normalized spacial score (nSPS) is 14.0. The van der Waals surface area contributed by atoms with Gasteiger partial charge in [0.05, 0.1) is 11.1 Å². The maximum Gasteiger partial charge on any atom is 0.181 e. The molecule has 0 saturated carbocycles. The number of hydrogen-bond acceptors (Lipinski definition) is 3. The first kappa shape index (κ1) is 30.7. The summed E-state index contributed by atoms with van der Waals surface area (Å²) in [7, 11) is -4.18. The Morgan fingerprint density at radius 1 is 0.453 bits per heavy atom. The van der Waals surface area contributed by atoms with Crippen molar-refractivity contribution in [1.29, 1.82) is 0 Å². The lowest BCUT2D eigenvalue weighted by Crippen LogP contribution is -2.87. The zero-order chi connectivity index (χ0) is 34.9. The van der Waals surface area contributed by atoms with E-state index in [-0.39, 0.29) is 0 Å². The summed E-state index contributed by atoms with van der Waals surface area (Å²) in [5, 5.41) is 12.7. The van der Waals surface area contributed by atoms with E-state index in [2.05, 4.69) is 199 Å². The second-order valence-corrected chi connectivity index (χ2v) is 20.9. The van der Waals surface area contributed by atoms with E-state index in [1.165, 1.54) is 46.1 Å². The molecule has 0 aliphatic carbocycles. The van der Waals surface area contributed by atoms with Crippen LogP contribution in [0.1, 0.15) is 0 Å². The van der Waals surface area contributed by atoms with Gasteiger partial charge in [-0.25, -0.2) is 0 Å². The molecule has 0 atom stereocenters. The number of benzene rings is 8. The Labute approximate surface area is 315 Å². The Bertz CT molecular complexity index is 2810. The first-order chi connectivity index (χ1) is 26.3. The second-order valence-electron chi connectivity index (χ2n) is 13.8. The van der Waals surface area contributed by atoms with Gasteiger partial charge in [0.1, 0.15) is 11.2 Å². The number of rotatable bonds is 4. The summed E-state index contributed by atoms with van der Waals surface area (Å²) in [5.74, 6) is 0. The van der Waals surface area contributed by atoms with E-state index in [4.69, 9.17) is 4.42 Å². The fourth-order valence-corrected chi connectivity index (χ4v) is 20.6. The monoisotopic (exact) mass is 726 g/mol. The number of para-hydroxylation sites is 2. The molecule has 3 heterocycles. The molecule has 53 heavy (non-hydrogen) atoms. The van der Waals surface area contributed by atoms with Crippen molar-refractivity contribution in [2.24, 2.45) is 0 Å². The second kappa shape index (κ2) is 12.1. The number of furan rings is 1. The quantitative estimate of drug-likeness (QED) is 0.173. The molecule has 0 amide bonds. The highest BCUT2D eigenvalue weighted by Gasteiger charge is 2.53. The Kier molecular flexibility index (Phi) is 7.02. The van der Waals surface area contributed by atoms with Gasteiger partial charge >= 0.3 is 0 Å². The molecule has 0 unspecified atom stereocenters. The molecule has 9 aromatic rings. The zero-order valence-electron chi connectivity index (χ0n) is 28.7. The zero-order valence-corrected chi connectivity index (χ0v) is 31.6. The van der Waals surface area contributed by atoms with Gasteiger partial charge in [0.15, 0.2) is 16.9 Å². The van der Waals surface area contributed by atoms with Crippen molar-refractivity contribution < 1.29 is 4.42 Å². The summed E-state index contributed by atoms with van der Waals surface area (Å²) < 4.78 is 6.46. The molecule has 8 aromatic carbocycles.